The van der Waals surface area contributed by atoms with E-state index in [1.54, 1.807) is 0 Å². The largest absolute Gasteiger partial charge is 0.404 e. The Labute approximate surface area is 304 Å². The SMILES string of the molecule is CC(C)(C)[Si](OC[C@@]1(C#N)[C@H](c2ccc(Br)cc2)[C@@H]2CN(S(=O)(=O)c3ccc([N+](=O)[O-])cc3)CCCCN21)(c1ccccc1)c1ccccc1. The fraction of sp³-hybridized carbons (Fsp3) is 0.342. The summed E-state index contributed by atoms with van der Waals surface area (Å²) in [5, 5.41) is 24.5. The van der Waals surface area contributed by atoms with E-state index >= 15 is 0 Å². The summed E-state index contributed by atoms with van der Waals surface area (Å²) in [6.07, 6.45) is 1.30. The van der Waals surface area contributed by atoms with Crippen LogP contribution in [0, 0.1) is 21.4 Å². The van der Waals surface area contributed by atoms with Crippen molar-refractivity contribution in [2.75, 3.05) is 26.2 Å². The molecule has 4 aromatic carbocycles. The average Bonchev–Trinajstić information content (AvgIpc) is 3.09. The zero-order valence-electron chi connectivity index (χ0n) is 28.4. The molecule has 0 unspecified atom stereocenters. The first-order valence-corrected chi connectivity index (χ1v) is 20.9. The molecule has 0 amide bonds. The molecule has 2 fully saturated rings. The number of hydrogen-bond acceptors (Lipinski definition) is 7. The lowest BCUT2D eigenvalue weighted by atomic mass is 9.65. The lowest BCUT2D eigenvalue weighted by Crippen LogP contribution is -2.77. The van der Waals surface area contributed by atoms with Crippen LogP contribution < -0.4 is 10.4 Å². The summed E-state index contributed by atoms with van der Waals surface area (Å²) in [5.41, 5.74) is -0.293. The molecule has 2 saturated heterocycles. The van der Waals surface area contributed by atoms with Crippen LogP contribution in [0.15, 0.2) is 119 Å². The van der Waals surface area contributed by atoms with Gasteiger partial charge < -0.3 is 4.43 Å². The van der Waals surface area contributed by atoms with Crippen molar-refractivity contribution in [3.63, 3.8) is 0 Å². The minimum atomic E-state index is -3.98. The van der Waals surface area contributed by atoms with Crippen molar-refractivity contribution in [1.29, 1.82) is 5.26 Å². The quantitative estimate of drug-likeness (QED) is 0.109. The number of fused-ring (bicyclic) bond motifs is 1. The zero-order chi connectivity index (χ0) is 35.7. The third-order valence-electron chi connectivity index (χ3n) is 10.3. The van der Waals surface area contributed by atoms with Crippen LogP contribution in [0.5, 0.6) is 0 Å². The van der Waals surface area contributed by atoms with E-state index in [4.69, 9.17) is 4.43 Å². The van der Waals surface area contributed by atoms with Gasteiger partial charge in [0.25, 0.3) is 14.0 Å². The fourth-order valence-electron chi connectivity index (χ4n) is 7.92. The number of benzene rings is 4. The summed E-state index contributed by atoms with van der Waals surface area (Å²) in [5.74, 6) is -0.355. The molecular formula is C38H41BrN4O5SSi. The monoisotopic (exact) mass is 772 g/mol. The van der Waals surface area contributed by atoms with Crippen LogP contribution >= 0.6 is 15.9 Å². The van der Waals surface area contributed by atoms with Gasteiger partial charge in [-0.3, -0.25) is 15.0 Å². The summed E-state index contributed by atoms with van der Waals surface area (Å²) in [6.45, 7) is 7.89. The lowest BCUT2D eigenvalue weighted by molar-refractivity contribution is -0.384. The van der Waals surface area contributed by atoms with E-state index in [9.17, 15) is 23.8 Å². The molecule has 0 spiro atoms. The standard InChI is InChI=1S/C38H41BrN4O5SSi/c1-37(2,3)50(33-12-6-4-7-13-33,34-14-8-5-9-15-34)48-28-38(27-40)36(29-16-18-30(39)19-17-29)35-26-41(24-10-11-25-42(35)38)49(46,47)32-22-20-31(21-23-32)43(44)45/h4-9,12-23,35-36H,10-11,24-26,28H2,1-3H3/t35-,36+,38-/m0/s1. The molecule has 2 aliphatic rings. The van der Waals surface area contributed by atoms with Gasteiger partial charge in [-0.1, -0.05) is 109 Å². The highest BCUT2D eigenvalue weighted by Crippen LogP contribution is 2.51. The van der Waals surface area contributed by atoms with Crippen molar-refractivity contribution < 1.29 is 17.8 Å². The second kappa shape index (κ2) is 14.1. The van der Waals surface area contributed by atoms with Crippen LogP contribution in [0.4, 0.5) is 5.69 Å². The summed E-state index contributed by atoms with van der Waals surface area (Å²) in [7, 11) is -7.00. The van der Waals surface area contributed by atoms with Gasteiger partial charge in [-0.25, -0.2) is 8.42 Å². The van der Waals surface area contributed by atoms with Gasteiger partial charge in [-0.05, 0) is 58.1 Å². The Morgan fingerprint density at radius 3 is 2.00 bits per heavy atom. The van der Waals surface area contributed by atoms with E-state index in [0.717, 1.165) is 20.4 Å². The van der Waals surface area contributed by atoms with Crippen LogP contribution in [0.25, 0.3) is 0 Å². The maximum atomic E-state index is 14.1. The highest BCUT2D eigenvalue weighted by molar-refractivity contribution is 9.10. The summed E-state index contributed by atoms with van der Waals surface area (Å²) in [6, 6.07) is 36.1. The maximum Gasteiger partial charge on any atom is 0.269 e. The Kier molecular flexibility index (Phi) is 10.2. The summed E-state index contributed by atoms with van der Waals surface area (Å²) in [4.78, 5) is 12.9. The molecule has 0 radical (unpaired) electrons. The maximum absolute atomic E-state index is 14.1. The van der Waals surface area contributed by atoms with Crippen LogP contribution in [0.1, 0.15) is 45.1 Å². The van der Waals surface area contributed by atoms with Gasteiger partial charge in [0, 0.05) is 48.2 Å². The average molecular weight is 774 g/mol. The first kappa shape index (κ1) is 36.1. The van der Waals surface area contributed by atoms with E-state index in [1.807, 2.05) is 60.7 Å². The van der Waals surface area contributed by atoms with Gasteiger partial charge in [0.15, 0.2) is 0 Å². The number of hydrogen-bond donors (Lipinski definition) is 0. The number of nitrogens with zero attached hydrogens (tertiary/aromatic N) is 4. The number of rotatable bonds is 9. The van der Waals surface area contributed by atoms with E-state index < -0.39 is 28.8 Å². The molecule has 3 atom stereocenters. The van der Waals surface area contributed by atoms with Gasteiger partial charge >= 0.3 is 0 Å². The lowest BCUT2D eigenvalue weighted by Gasteiger charge is -2.62. The van der Waals surface area contributed by atoms with Crippen molar-refractivity contribution in [1.82, 2.24) is 9.21 Å². The third-order valence-corrected chi connectivity index (χ3v) is 17.7. The molecule has 0 saturated carbocycles. The summed E-state index contributed by atoms with van der Waals surface area (Å²) >= 11 is 3.55. The van der Waals surface area contributed by atoms with Gasteiger partial charge in [0.2, 0.25) is 10.0 Å². The number of nitro groups is 1. The predicted octanol–water partition coefficient (Wildman–Crippen LogP) is 6.45. The summed E-state index contributed by atoms with van der Waals surface area (Å²) < 4.78 is 37.9. The Morgan fingerprint density at radius 1 is 0.920 bits per heavy atom. The topological polar surface area (TPSA) is 117 Å². The molecule has 260 valence electrons. The fourth-order valence-corrected chi connectivity index (χ4v) is 14.3. The Morgan fingerprint density at radius 2 is 1.48 bits per heavy atom. The van der Waals surface area contributed by atoms with E-state index in [0.29, 0.717) is 25.9 Å². The van der Waals surface area contributed by atoms with Crippen LogP contribution in [0.2, 0.25) is 5.04 Å². The molecule has 12 heteroatoms. The van der Waals surface area contributed by atoms with Crippen LogP contribution in [0.3, 0.4) is 0 Å². The Balaban J connectivity index is 1.42. The minimum Gasteiger partial charge on any atom is -0.404 e. The third kappa shape index (κ3) is 6.36. The molecule has 4 aromatic rings. The Bertz CT molecular complexity index is 1930. The van der Waals surface area contributed by atoms with Gasteiger partial charge in [-0.2, -0.15) is 9.57 Å². The zero-order valence-corrected chi connectivity index (χ0v) is 31.8. The number of nitro benzene ring substituents is 1. The Hall–Kier alpha value is -3.70. The van der Waals surface area contributed by atoms with Crippen molar-refractivity contribution >= 4 is 50.3 Å². The first-order valence-electron chi connectivity index (χ1n) is 16.8. The van der Waals surface area contributed by atoms with Gasteiger partial charge in [0.1, 0.15) is 5.54 Å². The van der Waals surface area contributed by atoms with Crippen molar-refractivity contribution in [3.8, 4) is 6.07 Å². The van der Waals surface area contributed by atoms with Crippen molar-refractivity contribution in [2.24, 2.45) is 0 Å². The molecule has 2 heterocycles. The molecule has 0 aliphatic carbocycles. The number of halogens is 1. The van der Waals surface area contributed by atoms with Crippen LogP contribution in [-0.4, -0.2) is 68.7 Å². The van der Waals surface area contributed by atoms with E-state index in [1.165, 1.54) is 28.6 Å². The van der Waals surface area contributed by atoms with Gasteiger partial charge in [0.05, 0.1) is 22.5 Å². The smallest absolute Gasteiger partial charge is 0.269 e. The van der Waals surface area contributed by atoms with Crippen LogP contribution in [-0.2, 0) is 14.4 Å². The molecule has 6 rings (SSSR count). The molecule has 0 N–H and O–H groups in total. The molecule has 2 aliphatic heterocycles. The predicted molar refractivity (Wildman–Crippen MR) is 200 cm³/mol. The highest BCUT2D eigenvalue weighted by Gasteiger charge is 2.64. The number of sulfonamides is 1. The molecule has 9 nitrogen and oxygen atoms in total. The molecule has 0 aromatic heterocycles. The van der Waals surface area contributed by atoms with Crippen molar-refractivity contribution in [3.05, 3.63) is 129 Å². The normalized spacial score (nSPS) is 22.0. The van der Waals surface area contributed by atoms with Crippen molar-refractivity contribution in [2.45, 2.75) is 61.0 Å². The molecule has 50 heavy (non-hydrogen) atoms. The molecular weight excluding hydrogens is 732 g/mol. The minimum absolute atomic E-state index is 0.0105. The second-order valence-corrected chi connectivity index (χ2v) is 21.3. The first-order chi connectivity index (χ1) is 23.8. The number of nitriles is 1. The van der Waals surface area contributed by atoms with E-state index in [-0.39, 0.29) is 40.7 Å². The highest BCUT2D eigenvalue weighted by atomic mass is 79.9. The molecule has 0 bridgehead atoms. The number of non-ortho nitro benzene ring substituents is 1. The van der Waals surface area contributed by atoms with E-state index in [2.05, 4.69) is 71.9 Å². The van der Waals surface area contributed by atoms with Gasteiger partial charge in [-0.15, -0.1) is 0 Å². The second-order valence-electron chi connectivity index (χ2n) is 14.1.